The summed E-state index contributed by atoms with van der Waals surface area (Å²) in [4.78, 5) is 16.3. The van der Waals surface area contributed by atoms with Gasteiger partial charge in [0.1, 0.15) is 0 Å². The number of hydrogen-bond donors (Lipinski definition) is 1. The summed E-state index contributed by atoms with van der Waals surface area (Å²) in [5, 5.41) is 0. The summed E-state index contributed by atoms with van der Waals surface area (Å²) in [6, 6.07) is 19.2. The normalized spacial score (nSPS) is 11.0. The Morgan fingerprint density at radius 3 is 1.96 bits per heavy atom. The van der Waals surface area contributed by atoms with Crippen LogP contribution in [0.3, 0.4) is 0 Å². The molecule has 0 aliphatic carbocycles. The first-order valence-corrected chi connectivity index (χ1v) is 9.22. The van der Waals surface area contributed by atoms with Gasteiger partial charge in [-0.25, -0.2) is 4.79 Å². The van der Waals surface area contributed by atoms with E-state index in [0.717, 1.165) is 31.7 Å². The van der Waals surface area contributed by atoms with Crippen LogP contribution in [-0.2, 0) is 0 Å². The second-order valence-electron chi connectivity index (χ2n) is 5.54. The first-order valence-electron chi connectivity index (χ1n) is 7.63. The highest BCUT2D eigenvalue weighted by Gasteiger charge is 2.16. The minimum Gasteiger partial charge on any atom is -0.360 e. The van der Waals surface area contributed by atoms with Crippen molar-refractivity contribution in [1.29, 1.82) is 0 Å². The van der Waals surface area contributed by atoms with Crippen LogP contribution in [0.5, 0.6) is 0 Å². The first kappa shape index (κ1) is 16.2. The van der Waals surface area contributed by atoms with E-state index in [1.165, 1.54) is 0 Å². The van der Waals surface area contributed by atoms with Crippen LogP contribution in [-0.4, -0.2) is 14.1 Å². The van der Waals surface area contributed by atoms with E-state index in [1.54, 1.807) is 9.13 Å². The van der Waals surface area contributed by atoms with Crippen LogP contribution in [0, 0.1) is 0 Å². The van der Waals surface area contributed by atoms with Crippen molar-refractivity contribution in [3.63, 3.8) is 0 Å². The lowest BCUT2D eigenvalue weighted by Gasteiger charge is -2.06. The Morgan fingerprint density at radius 2 is 1.40 bits per heavy atom. The van der Waals surface area contributed by atoms with Gasteiger partial charge in [-0.05, 0) is 60.7 Å². The van der Waals surface area contributed by atoms with Gasteiger partial charge in [-0.15, -0.1) is 0 Å². The van der Waals surface area contributed by atoms with Crippen molar-refractivity contribution in [2.24, 2.45) is 0 Å². The summed E-state index contributed by atoms with van der Waals surface area (Å²) in [5.41, 5.74) is 3.20. The molecule has 0 fully saturated rings. The Hall–Kier alpha value is -2.31. The van der Waals surface area contributed by atoms with Crippen LogP contribution in [0.25, 0.3) is 22.8 Å². The van der Waals surface area contributed by atoms with Gasteiger partial charge in [0.2, 0.25) is 0 Å². The van der Waals surface area contributed by atoms with E-state index in [2.05, 4.69) is 36.8 Å². The van der Waals surface area contributed by atoms with Crippen molar-refractivity contribution in [1.82, 2.24) is 14.1 Å². The van der Waals surface area contributed by atoms with Crippen molar-refractivity contribution in [3.05, 3.63) is 92.5 Å². The number of aromatic nitrogens is 3. The Kier molecular flexibility index (Phi) is 4.23. The number of nitrogens with one attached hydrogen (secondary N) is 1. The molecule has 2 aromatic carbocycles. The van der Waals surface area contributed by atoms with E-state index in [4.69, 9.17) is 0 Å². The van der Waals surface area contributed by atoms with Gasteiger partial charge in [0.05, 0.1) is 22.8 Å². The zero-order chi connectivity index (χ0) is 17.4. The summed E-state index contributed by atoms with van der Waals surface area (Å²) in [7, 11) is 0. The average Bonchev–Trinajstić information content (AvgIpc) is 3.25. The standard InChI is InChI=1S/C19H13Br2N3O/c20-13-3-7-15(8-4-13)23-12-18(17-2-1-11-22-17)24(19(23)25)16-9-5-14(21)6-10-16/h1-12,22H. The van der Waals surface area contributed by atoms with Crippen molar-refractivity contribution in [2.45, 2.75) is 0 Å². The van der Waals surface area contributed by atoms with Crippen molar-refractivity contribution in [2.75, 3.05) is 0 Å². The molecule has 0 saturated carbocycles. The molecule has 0 aliphatic rings. The van der Waals surface area contributed by atoms with Gasteiger partial charge in [-0.1, -0.05) is 31.9 Å². The number of imidazole rings is 1. The summed E-state index contributed by atoms with van der Waals surface area (Å²) >= 11 is 6.87. The zero-order valence-electron chi connectivity index (χ0n) is 13.0. The van der Waals surface area contributed by atoms with E-state index in [0.29, 0.717) is 0 Å². The first-order chi connectivity index (χ1) is 12.1. The Morgan fingerprint density at radius 1 is 0.800 bits per heavy atom. The van der Waals surface area contributed by atoms with Crippen LogP contribution in [0.15, 0.2) is 86.8 Å². The van der Waals surface area contributed by atoms with Crippen molar-refractivity contribution in [3.8, 4) is 22.8 Å². The molecule has 0 bridgehead atoms. The van der Waals surface area contributed by atoms with E-state index in [9.17, 15) is 4.79 Å². The minimum absolute atomic E-state index is 0.116. The topological polar surface area (TPSA) is 42.7 Å². The molecule has 0 radical (unpaired) electrons. The third kappa shape index (κ3) is 3.03. The molecule has 0 aliphatic heterocycles. The van der Waals surface area contributed by atoms with Gasteiger partial charge in [0, 0.05) is 21.3 Å². The quantitative estimate of drug-likeness (QED) is 0.453. The lowest BCUT2D eigenvalue weighted by Crippen LogP contribution is -2.22. The van der Waals surface area contributed by atoms with Gasteiger partial charge in [-0.3, -0.25) is 9.13 Å². The number of rotatable bonds is 3. The van der Waals surface area contributed by atoms with Crippen LogP contribution in [0.4, 0.5) is 0 Å². The number of hydrogen-bond acceptors (Lipinski definition) is 1. The second-order valence-corrected chi connectivity index (χ2v) is 7.37. The van der Waals surface area contributed by atoms with Gasteiger partial charge in [0.25, 0.3) is 0 Å². The lowest BCUT2D eigenvalue weighted by atomic mass is 10.3. The third-order valence-corrected chi connectivity index (χ3v) is 5.01. The van der Waals surface area contributed by atoms with Gasteiger partial charge < -0.3 is 4.98 Å². The number of aromatic amines is 1. The van der Waals surface area contributed by atoms with Gasteiger partial charge in [0.15, 0.2) is 0 Å². The maximum absolute atomic E-state index is 13.1. The smallest absolute Gasteiger partial charge is 0.337 e. The highest BCUT2D eigenvalue weighted by atomic mass is 79.9. The predicted molar refractivity (Wildman–Crippen MR) is 107 cm³/mol. The van der Waals surface area contributed by atoms with Crippen molar-refractivity contribution < 1.29 is 0 Å². The predicted octanol–water partition coefficient (Wildman–Crippen LogP) is 5.15. The Labute approximate surface area is 161 Å². The minimum atomic E-state index is -0.116. The molecule has 6 heteroatoms. The number of H-pyrrole nitrogens is 1. The SMILES string of the molecule is O=c1n(-c2ccc(Br)cc2)cc(-c2ccc[nH]2)n1-c1ccc(Br)cc1. The molecular weight excluding hydrogens is 446 g/mol. The molecule has 124 valence electrons. The lowest BCUT2D eigenvalue weighted by molar-refractivity contribution is 0.910. The van der Waals surface area contributed by atoms with Gasteiger partial charge >= 0.3 is 5.69 Å². The van der Waals surface area contributed by atoms with E-state index in [-0.39, 0.29) is 5.69 Å². The fourth-order valence-corrected chi connectivity index (χ4v) is 3.28. The Balaban J connectivity index is 1.97. The molecule has 0 amide bonds. The summed E-state index contributed by atoms with van der Waals surface area (Å²) < 4.78 is 5.31. The third-order valence-electron chi connectivity index (χ3n) is 3.95. The number of nitrogens with zero attached hydrogens (tertiary/aromatic N) is 2. The summed E-state index contributed by atoms with van der Waals surface area (Å²) in [5.74, 6) is 0. The molecule has 25 heavy (non-hydrogen) atoms. The molecular formula is C19H13Br2N3O. The van der Waals surface area contributed by atoms with Crippen molar-refractivity contribution >= 4 is 31.9 Å². The molecule has 0 spiro atoms. The fraction of sp³-hybridized carbons (Fsp3) is 0. The Bertz CT molecular complexity index is 1060. The van der Waals surface area contributed by atoms with E-state index in [1.807, 2.05) is 73.1 Å². The van der Waals surface area contributed by atoms with Gasteiger partial charge in [-0.2, -0.15) is 0 Å². The molecule has 4 rings (SSSR count). The highest BCUT2D eigenvalue weighted by molar-refractivity contribution is 9.10. The second kappa shape index (κ2) is 6.54. The van der Waals surface area contributed by atoms with E-state index >= 15 is 0 Å². The largest absolute Gasteiger partial charge is 0.360 e. The van der Waals surface area contributed by atoms with Crippen LogP contribution in [0.1, 0.15) is 0 Å². The summed E-state index contributed by atoms with van der Waals surface area (Å²) in [6.07, 6.45) is 3.71. The highest BCUT2D eigenvalue weighted by Crippen LogP contribution is 2.23. The maximum Gasteiger partial charge on any atom is 0.337 e. The van der Waals surface area contributed by atoms with E-state index < -0.39 is 0 Å². The zero-order valence-corrected chi connectivity index (χ0v) is 16.2. The molecule has 4 nitrogen and oxygen atoms in total. The molecule has 1 N–H and O–H groups in total. The summed E-state index contributed by atoms with van der Waals surface area (Å²) in [6.45, 7) is 0. The monoisotopic (exact) mass is 457 g/mol. The molecule has 2 aromatic heterocycles. The number of halogens is 2. The number of benzene rings is 2. The fourth-order valence-electron chi connectivity index (χ4n) is 2.75. The molecule has 0 unspecified atom stereocenters. The maximum atomic E-state index is 13.1. The average molecular weight is 459 g/mol. The van der Waals surface area contributed by atoms with Crippen LogP contribution >= 0.6 is 31.9 Å². The van der Waals surface area contributed by atoms with Crippen LogP contribution in [0.2, 0.25) is 0 Å². The molecule has 0 atom stereocenters. The molecule has 0 saturated heterocycles. The molecule has 2 heterocycles. The van der Waals surface area contributed by atoms with Crippen LogP contribution < -0.4 is 5.69 Å². The molecule has 4 aromatic rings.